The fraction of sp³-hybridized carbons (Fsp3) is 0.500. The van der Waals surface area contributed by atoms with Crippen molar-refractivity contribution in [2.24, 2.45) is 0 Å². The number of nitrogens with one attached hydrogen (secondary N) is 2. The molecule has 5 aromatic carbocycles. The Hall–Kier alpha value is -2.91. The van der Waals surface area contributed by atoms with E-state index >= 15 is 0 Å². The third-order valence-electron chi connectivity index (χ3n) is 18.8. The lowest BCUT2D eigenvalue weighted by Crippen LogP contribution is -2.41. The van der Waals surface area contributed by atoms with Crippen LogP contribution in [0, 0.1) is 21.0 Å². The average Bonchev–Trinajstić information content (AvgIpc) is 1.62. The van der Waals surface area contributed by atoms with E-state index in [2.05, 4.69) is 159 Å². The van der Waals surface area contributed by atoms with E-state index in [1.807, 2.05) is 73.8 Å². The first-order valence-corrected chi connectivity index (χ1v) is 35.4. The van der Waals surface area contributed by atoms with E-state index in [0.717, 1.165) is 66.1 Å². The van der Waals surface area contributed by atoms with E-state index in [0.29, 0.717) is 28.5 Å². The Balaban J connectivity index is 0.000000129. The highest BCUT2D eigenvalue weighted by atomic mass is 127. The fourth-order valence-corrected chi connectivity index (χ4v) is 13.1. The quantitative estimate of drug-likeness (QED) is 0.0494. The predicted octanol–water partition coefficient (Wildman–Crippen LogP) is 17.8. The summed E-state index contributed by atoms with van der Waals surface area (Å²) in [5, 5.41) is 33.1. The summed E-state index contributed by atoms with van der Waals surface area (Å²) in [7, 11) is -2.30. The molecule has 0 unspecified atom stereocenters. The van der Waals surface area contributed by atoms with Gasteiger partial charge in [-0.3, -0.25) is 15.0 Å². The highest BCUT2D eigenvalue weighted by molar-refractivity contribution is 14.1. The molecule has 91 heavy (non-hydrogen) atoms. The lowest BCUT2D eigenvalue weighted by Gasteiger charge is -2.32. The first-order chi connectivity index (χ1) is 42.6. The van der Waals surface area contributed by atoms with E-state index in [4.69, 9.17) is 38.0 Å². The molecular weight excluding hydrogens is 1540 g/mol. The highest BCUT2D eigenvalue weighted by Gasteiger charge is 2.64. The van der Waals surface area contributed by atoms with Crippen molar-refractivity contribution < 1.29 is 55.9 Å². The molecular formula is C66H80B4Br4F3IN4O9. The van der Waals surface area contributed by atoms with E-state index < -0.39 is 27.0 Å². The summed E-state index contributed by atoms with van der Waals surface area (Å²) in [6, 6.07) is 21.3. The van der Waals surface area contributed by atoms with Crippen LogP contribution in [0.2, 0.25) is 5.82 Å². The minimum absolute atomic E-state index is 0.143. The van der Waals surface area contributed by atoms with Gasteiger partial charge < -0.3 is 38.0 Å². The largest absolute Gasteiger partial charge is 0.495 e. The van der Waals surface area contributed by atoms with Gasteiger partial charge in [-0.05, 0) is 311 Å². The smallest absolute Gasteiger partial charge is 0.427 e. The Labute approximate surface area is 581 Å². The fourth-order valence-electron chi connectivity index (χ4n) is 10.2. The van der Waals surface area contributed by atoms with Crippen molar-refractivity contribution in [2.45, 2.75) is 210 Å². The maximum Gasteiger partial charge on any atom is 0.495 e. The lowest BCUT2D eigenvalue weighted by atomic mass is 9.49. The number of benzene rings is 5. The first-order valence-electron chi connectivity index (χ1n) is 31.1. The molecule has 13 nitrogen and oxygen atoms in total. The van der Waals surface area contributed by atoms with Crippen molar-refractivity contribution in [2.75, 3.05) is 0 Å². The van der Waals surface area contributed by atoms with Crippen molar-refractivity contribution in [3.63, 3.8) is 0 Å². The summed E-state index contributed by atoms with van der Waals surface area (Å²) in [5.74, 6) is 2.03. The molecule has 0 radical (unpaired) electrons. The molecule has 7 aromatic rings. The number of aromatic nitrogens is 4. The molecule has 3 aliphatic heterocycles. The van der Waals surface area contributed by atoms with Crippen LogP contribution in [0.4, 0.5) is 13.2 Å². The Kier molecular flexibility index (Phi) is 23.1. The molecule has 0 atom stereocenters. The summed E-state index contributed by atoms with van der Waals surface area (Å²) < 4.78 is 79.0. The monoisotopic (exact) mass is 1620 g/mol. The molecule has 486 valence electrons. The second-order valence-corrected chi connectivity index (χ2v) is 32.0. The molecule has 8 aliphatic rings. The summed E-state index contributed by atoms with van der Waals surface area (Å²) in [5.41, 5.74) is 6.51. The molecule has 15 rings (SSSR count). The van der Waals surface area contributed by atoms with Crippen molar-refractivity contribution in [1.82, 2.24) is 20.4 Å². The number of nitrogens with zero attached hydrogens (tertiary/aromatic N) is 2. The van der Waals surface area contributed by atoms with Gasteiger partial charge in [-0.2, -0.15) is 10.2 Å². The van der Waals surface area contributed by atoms with Gasteiger partial charge >= 0.3 is 28.3 Å². The Morgan fingerprint density at radius 2 is 0.901 bits per heavy atom. The molecule has 0 bridgehead atoms. The van der Waals surface area contributed by atoms with Crippen LogP contribution in [-0.2, 0) is 27.9 Å². The van der Waals surface area contributed by atoms with Crippen LogP contribution < -0.4 is 5.46 Å². The number of aldehydes is 1. The normalized spacial score (nSPS) is 20.9. The number of H-pyrrole nitrogens is 2. The zero-order chi connectivity index (χ0) is 66.3. The van der Waals surface area contributed by atoms with Gasteiger partial charge in [-0.1, -0.05) is 53.0 Å². The second kappa shape index (κ2) is 29.0. The number of rotatable bonds is 8. The summed E-state index contributed by atoms with van der Waals surface area (Å²) >= 11 is 15.6. The molecule has 0 amide bonds. The van der Waals surface area contributed by atoms with E-state index in [9.17, 15) is 18.0 Å². The predicted molar refractivity (Wildman–Crippen MR) is 379 cm³/mol. The molecule has 25 heteroatoms. The van der Waals surface area contributed by atoms with E-state index in [1.54, 1.807) is 12.1 Å². The van der Waals surface area contributed by atoms with Crippen molar-refractivity contribution in [3.8, 4) is 0 Å². The minimum Gasteiger partial charge on any atom is -0.427 e. The summed E-state index contributed by atoms with van der Waals surface area (Å²) in [4.78, 5) is 10.6. The number of hydrogen-bond donors (Lipinski definition) is 4. The molecule has 5 heterocycles. The number of halogens is 8. The van der Waals surface area contributed by atoms with Gasteiger partial charge in [0.05, 0.1) is 62.6 Å². The number of aromatic amines is 2. The van der Waals surface area contributed by atoms with Crippen molar-refractivity contribution >= 4 is 148 Å². The van der Waals surface area contributed by atoms with Crippen LogP contribution in [0.5, 0.6) is 0 Å². The average molecular weight is 1620 g/mol. The van der Waals surface area contributed by atoms with Gasteiger partial charge in [-0.25, -0.2) is 13.2 Å². The topological polar surface area (TPSA) is 170 Å². The number of carbonyl (C=O) groups excluding carboxylic acids is 1. The molecule has 5 saturated carbocycles. The van der Waals surface area contributed by atoms with Gasteiger partial charge in [0.15, 0.2) is 6.29 Å². The SMILES string of the molecule is Brc1c(C2CC2)ccc2[nH]ncc12.CC1(C)OB(B2OC(C)(C)C(C)(C)O2)OC1(C)C.CC1(C)OB(c2c(C3CC3)ccc3[nH]ncc23)OC1(C)C.Fc1ccc(C2CC2)c(Br)c1.Fc1ccc(I)c(Br)c1.O=Cc1c(F)ccc(C2CC2)c1Br.OB(O)C1CC1. The lowest BCUT2D eigenvalue weighted by molar-refractivity contribution is 0.00578. The van der Waals surface area contributed by atoms with Gasteiger partial charge in [0.25, 0.3) is 0 Å². The maximum atomic E-state index is 13.1. The Bertz CT molecular complexity index is 3630. The molecule has 3 saturated heterocycles. The van der Waals surface area contributed by atoms with Gasteiger partial charge in [-0.15, -0.1) is 0 Å². The molecule has 2 aromatic heterocycles. The van der Waals surface area contributed by atoms with Crippen LogP contribution >= 0.6 is 86.3 Å². The van der Waals surface area contributed by atoms with Crippen LogP contribution in [0.3, 0.4) is 0 Å². The van der Waals surface area contributed by atoms with Gasteiger partial charge in [0.2, 0.25) is 0 Å². The number of hydrogen-bond acceptors (Lipinski definition) is 11. The van der Waals surface area contributed by atoms with Crippen LogP contribution in [0.1, 0.15) is 204 Å². The molecule has 0 spiro atoms. The third-order valence-corrected chi connectivity index (χ3v) is 23.6. The number of carbonyl (C=O) groups is 1. The van der Waals surface area contributed by atoms with Crippen LogP contribution in [0.15, 0.2) is 103 Å². The van der Waals surface area contributed by atoms with Crippen molar-refractivity contribution in [3.05, 3.63) is 152 Å². The van der Waals surface area contributed by atoms with Gasteiger partial charge in [0.1, 0.15) is 17.5 Å². The molecule has 5 aliphatic carbocycles. The van der Waals surface area contributed by atoms with Crippen molar-refractivity contribution in [1.29, 1.82) is 0 Å². The van der Waals surface area contributed by atoms with Crippen LogP contribution in [-0.4, -0.2) is 98.6 Å². The maximum absolute atomic E-state index is 13.1. The third kappa shape index (κ3) is 17.8. The Morgan fingerprint density at radius 1 is 0.516 bits per heavy atom. The zero-order valence-electron chi connectivity index (χ0n) is 53.6. The molecule has 8 fully saturated rings. The summed E-state index contributed by atoms with van der Waals surface area (Å²) in [6.07, 6.45) is 16.3. The van der Waals surface area contributed by atoms with E-state index in [-0.39, 0.29) is 63.7 Å². The standard InChI is InChI=1S/C16H21BN2O2.C12H24B2O4.C10H8BrFO.C10H9BrN2.C9H8BrF.C6H3BrFI.C3H7BO2/c1-15(2)16(3,4)21-17(20-15)14-11(10-5-6-10)7-8-13-12(14)9-18-19-13;1-9(2)10(3,4)16-13(15-9)14-17-11(5,6)12(7,8)18-14;11-10-7(6-1-2-6)3-4-9(12)8(10)5-13;11-10-7(6-1-2-6)3-4-9-8(10)5-12-13-9;10-9-5-7(11)3-4-8(9)6-1-2-6;7-5-3-4(8)1-2-6(5)9;5-4(6)3-1-2-3/h7-10H,5-6H2,1-4H3,(H,18,19);1-8H3;3-6H,1-2H2;3-6H,1-2H2,(H,12,13);3-6H,1-2H2;1-3H;3,5-6H,1-2H2. The zero-order valence-corrected chi connectivity index (χ0v) is 62.1. The Morgan fingerprint density at radius 3 is 1.32 bits per heavy atom. The summed E-state index contributed by atoms with van der Waals surface area (Å²) in [6.45, 7) is 24.6. The minimum atomic E-state index is -1.04. The highest BCUT2D eigenvalue weighted by Crippen LogP contribution is 2.48. The van der Waals surface area contributed by atoms with Crippen LogP contribution in [0.25, 0.3) is 21.8 Å². The second-order valence-electron chi connectivity index (χ2n) is 27.6. The molecule has 4 N–H and O–H groups in total. The van der Waals surface area contributed by atoms with E-state index in [1.165, 1.54) is 101 Å². The number of fused-ring (bicyclic) bond motifs is 2. The van der Waals surface area contributed by atoms with Gasteiger partial charge in [0, 0.05) is 32.2 Å². The first kappa shape index (κ1) is 72.4.